The molecule has 4 rings (SSSR count). The van der Waals surface area contributed by atoms with Crippen LogP contribution in [0.15, 0.2) is 47.2 Å². The topological polar surface area (TPSA) is 58.4 Å². The van der Waals surface area contributed by atoms with Gasteiger partial charge in [0, 0.05) is 16.6 Å². The van der Waals surface area contributed by atoms with E-state index in [-0.39, 0.29) is 11.9 Å². The Morgan fingerprint density at radius 3 is 2.70 bits per heavy atom. The van der Waals surface area contributed by atoms with Crippen LogP contribution in [0, 0.1) is 13.8 Å². The van der Waals surface area contributed by atoms with E-state index in [4.69, 9.17) is 4.42 Å². The fourth-order valence-corrected chi connectivity index (χ4v) is 4.78. The number of aryl methyl sites for hydroxylation is 1. The number of furan rings is 1. The van der Waals surface area contributed by atoms with Crippen LogP contribution < -0.4 is 5.32 Å². The SMILES string of the molecule is Cc1sc(NC(=O)c2ccco2)c([C@H](c2ccccn2)N2CCCC2)c1C. The van der Waals surface area contributed by atoms with Gasteiger partial charge < -0.3 is 9.73 Å². The van der Waals surface area contributed by atoms with Crippen LogP contribution >= 0.6 is 11.3 Å². The molecule has 0 unspecified atom stereocenters. The second-order valence-electron chi connectivity index (χ2n) is 6.86. The third-order valence-corrected chi connectivity index (χ3v) is 6.29. The largest absolute Gasteiger partial charge is 0.459 e. The van der Waals surface area contributed by atoms with Gasteiger partial charge in [0.05, 0.1) is 18.0 Å². The van der Waals surface area contributed by atoms with Crippen LogP contribution in [-0.4, -0.2) is 28.9 Å². The van der Waals surface area contributed by atoms with E-state index in [1.165, 1.54) is 29.5 Å². The third-order valence-electron chi connectivity index (χ3n) is 5.15. The zero-order chi connectivity index (χ0) is 18.8. The number of likely N-dealkylation sites (tertiary alicyclic amines) is 1. The molecule has 1 N–H and O–H groups in total. The molecule has 140 valence electrons. The molecule has 4 heterocycles. The summed E-state index contributed by atoms with van der Waals surface area (Å²) >= 11 is 1.62. The number of hydrogen-bond acceptors (Lipinski definition) is 5. The Morgan fingerprint density at radius 2 is 2.04 bits per heavy atom. The lowest BCUT2D eigenvalue weighted by molar-refractivity contribution is 0.0997. The van der Waals surface area contributed by atoms with E-state index in [1.54, 1.807) is 23.5 Å². The maximum atomic E-state index is 12.6. The second-order valence-corrected chi connectivity index (χ2v) is 8.08. The molecular weight excluding hydrogens is 358 g/mol. The summed E-state index contributed by atoms with van der Waals surface area (Å²) in [5, 5.41) is 3.96. The van der Waals surface area contributed by atoms with Crippen molar-refractivity contribution < 1.29 is 9.21 Å². The van der Waals surface area contributed by atoms with E-state index in [0.29, 0.717) is 5.76 Å². The monoisotopic (exact) mass is 381 g/mol. The molecule has 0 aromatic carbocycles. The highest BCUT2D eigenvalue weighted by molar-refractivity contribution is 7.16. The van der Waals surface area contributed by atoms with Crippen molar-refractivity contribution in [2.24, 2.45) is 0 Å². The maximum Gasteiger partial charge on any atom is 0.291 e. The molecule has 1 atom stereocenters. The first-order valence-corrected chi connectivity index (χ1v) is 10.1. The highest BCUT2D eigenvalue weighted by Gasteiger charge is 2.31. The molecule has 6 heteroatoms. The molecule has 27 heavy (non-hydrogen) atoms. The molecular formula is C21H23N3O2S. The van der Waals surface area contributed by atoms with Gasteiger partial charge in [-0.15, -0.1) is 11.3 Å². The summed E-state index contributed by atoms with van der Waals surface area (Å²) in [6.45, 7) is 6.32. The van der Waals surface area contributed by atoms with Crippen molar-refractivity contribution in [2.45, 2.75) is 32.7 Å². The van der Waals surface area contributed by atoms with Crippen LogP contribution in [0.1, 0.15) is 51.1 Å². The Balaban J connectivity index is 1.76. The molecule has 1 aliphatic heterocycles. The molecule has 3 aromatic heterocycles. The lowest BCUT2D eigenvalue weighted by Gasteiger charge is -2.28. The van der Waals surface area contributed by atoms with Gasteiger partial charge in [-0.3, -0.25) is 14.7 Å². The number of anilines is 1. The summed E-state index contributed by atoms with van der Waals surface area (Å²) < 4.78 is 5.26. The van der Waals surface area contributed by atoms with E-state index >= 15 is 0 Å². The van der Waals surface area contributed by atoms with Gasteiger partial charge in [-0.05, 0) is 69.6 Å². The van der Waals surface area contributed by atoms with Crippen LogP contribution in [0.4, 0.5) is 5.00 Å². The smallest absolute Gasteiger partial charge is 0.291 e. The molecule has 0 aliphatic carbocycles. The highest BCUT2D eigenvalue weighted by atomic mass is 32.1. The van der Waals surface area contributed by atoms with Gasteiger partial charge in [0.1, 0.15) is 5.00 Å². The molecule has 0 saturated carbocycles. The summed E-state index contributed by atoms with van der Waals surface area (Å²) in [6, 6.07) is 9.50. The second kappa shape index (κ2) is 7.66. The number of carbonyl (C=O) groups excluding carboxylic acids is 1. The number of rotatable bonds is 5. The van der Waals surface area contributed by atoms with Crippen molar-refractivity contribution in [1.29, 1.82) is 0 Å². The van der Waals surface area contributed by atoms with Crippen molar-refractivity contribution in [1.82, 2.24) is 9.88 Å². The molecule has 0 bridgehead atoms. The minimum absolute atomic E-state index is 0.0468. The van der Waals surface area contributed by atoms with Crippen LogP contribution in [0.2, 0.25) is 0 Å². The van der Waals surface area contributed by atoms with Gasteiger partial charge in [0.2, 0.25) is 0 Å². The molecule has 1 saturated heterocycles. The molecule has 5 nitrogen and oxygen atoms in total. The number of aromatic nitrogens is 1. The molecule has 0 spiro atoms. The zero-order valence-electron chi connectivity index (χ0n) is 15.6. The minimum Gasteiger partial charge on any atom is -0.459 e. The predicted molar refractivity (Wildman–Crippen MR) is 107 cm³/mol. The van der Waals surface area contributed by atoms with Crippen LogP contribution in [-0.2, 0) is 0 Å². The third kappa shape index (κ3) is 3.55. The van der Waals surface area contributed by atoms with Crippen LogP contribution in [0.5, 0.6) is 0 Å². The van der Waals surface area contributed by atoms with Crippen LogP contribution in [0.25, 0.3) is 0 Å². The van der Waals surface area contributed by atoms with Crippen molar-refractivity contribution in [3.63, 3.8) is 0 Å². The summed E-state index contributed by atoms with van der Waals surface area (Å²) in [7, 11) is 0. The number of nitrogens with zero attached hydrogens (tertiary/aromatic N) is 2. The Morgan fingerprint density at radius 1 is 1.22 bits per heavy atom. The van der Waals surface area contributed by atoms with Crippen molar-refractivity contribution in [3.05, 3.63) is 70.3 Å². The van der Waals surface area contributed by atoms with E-state index < -0.39 is 0 Å². The lowest BCUT2D eigenvalue weighted by atomic mass is 9.98. The summed E-state index contributed by atoms with van der Waals surface area (Å²) in [5.41, 5.74) is 3.39. The van der Waals surface area contributed by atoms with Crippen molar-refractivity contribution in [3.8, 4) is 0 Å². The highest BCUT2D eigenvalue weighted by Crippen LogP contribution is 2.42. The van der Waals surface area contributed by atoms with Crippen LogP contribution in [0.3, 0.4) is 0 Å². The van der Waals surface area contributed by atoms with Gasteiger partial charge in [-0.25, -0.2) is 0 Å². The minimum atomic E-state index is -0.219. The summed E-state index contributed by atoms with van der Waals surface area (Å²) in [4.78, 5) is 20.9. The summed E-state index contributed by atoms with van der Waals surface area (Å²) in [5.74, 6) is 0.101. The number of hydrogen-bond donors (Lipinski definition) is 1. The fraction of sp³-hybridized carbons (Fsp3) is 0.333. The number of carbonyl (C=O) groups is 1. The number of pyridine rings is 1. The number of nitrogens with one attached hydrogen (secondary N) is 1. The van der Waals surface area contributed by atoms with Gasteiger partial charge in [0.25, 0.3) is 5.91 Å². The number of amides is 1. The van der Waals surface area contributed by atoms with Gasteiger partial charge >= 0.3 is 0 Å². The fourth-order valence-electron chi connectivity index (χ4n) is 3.69. The maximum absolute atomic E-state index is 12.6. The average Bonchev–Trinajstić information content (AvgIpc) is 3.42. The first-order valence-electron chi connectivity index (χ1n) is 9.25. The first-order chi connectivity index (χ1) is 13.1. The van der Waals surface area contributed by atoms with Crippen molar-refractivity contribution >= 4 is 22.2 Å². The van der Waals surface area contributed by atoms with Gasteiger partial charge in [0.15, 0.2) is 5.76 Å². The number of thiophene rings is 1. The molecule has 1 amide bonds. The Hall–Kier alpha value is -2.44. The standard InChI is InChI=1S/C21H23N3O2S/c1-14-15(2)27-21(23-20(25)17-9-7-13-26-17)18(14)19(24-11-5-6-12-24)16-8-3-4-10-22-16/h3-4,7-10,13,19H,5-6,11-12H2,1-2H3,(H,23,25)/t19-/m0/s1. The quantitative estimate of drug-likeness (QED) is 0.690. The zero-order valence-corrected chi connectivity index (χ0v) is 16.4. The van der Waals surface area contributed by atoms with E-state index in [0.717, 1.165) is 29.3 Å². The van der Waals surface area contributed by atoms with E-state index in [1.807, 2.05) is 18.3 Å². The van der Waals surface area contributed by atoms with E-state index in [9.17, 15) is 4.79 Å². The Kier molecular flexibility index (Phi) is 5.09. The summed E-state index contributed by atoms with van der Waals surface area (Å²) in [6.07, 6.45) is 5.74. The van der Waals surface area contributed by atoms with E-state index in [2.05, 4.69) is 35.1 Å². The lowest BCUT2D eigenvalue weighted by Crippen LogP contribution is -2.28. The molecule has 1 aliphatic rings. The molecule has 1 fully saturated rings. The Bertz CT molecular complexity index is 913. The van der Waals surface area contributed by atoms with Gasteiger partial charge in [-0.2, -0.15) is 0 Å². The Labute approximate surface area is 163 Å². The molecule has 0 radical (unpaired) electrons. The van der Waals surface area contributed by atoms with Crippen molar-refractivity contribution in [2.75, 3.05) is 18.4 Å². The molecule has 3 aromatic rings. The predicted octanol–water partition coefficient (Wildman–Crippen LogP) is 4.79. The average molecular weight is 382 g/mol. The van der Waals surface area contributed by atoms with Gasteiger partial charge in [-0.1, -0.05) is 6.07 Å². The normalized spacial score (nSPS) is 15.8. The first kappa shape index (κ1) is 17.9.